The van der Waals surface area contributed by atoms with Crippen molar-refractivity contribution < 1.29 is 0 Å². The number of fused-ring (bicyclic) bond motifs is 1. The molecule has 0 amide bonds. The molecule has 0 N–H and O–H groups in total. The average Bonchev–Trinajstić information content (AvgIpc) is 2.38. The maximum absolute atomic E-state index is 5.96. The van der Waals surface area contributed by atoms with E-state index in [9.17, 15) is 0 Å². The standard InChI is InChI=1S/C16H9BrCl/c17-16-10-14(18)7-8-15(16)13-6-5-11-3-1-2-4-12(11)9-13/h1,3-10H/q+1. The van der Waals surface area contributed by atoms with E-state index in [1.165, 1.54) is 16.7 Å². The lowest BCUT2D eigenvalue weighted by atomic mass is 9.97. The molecule has 0 spiro atoms. The van der Waals surface area contributed by atoms with E-state index in [1.54, 1.807) is 0 Å². The molecule has 0 atom stereocenters. The molecule has 0 saturated heterocycles. The summed E-state index contributed by atoms with van der Waals surface area (Å²) >= 11 is 9.52. The van der Waals surface area contributed by atoms with E-state index in [-0.39, 0.29) is 0 Å². The zero-order chi connectivity index (χ0) is 12.5. The number of halogens is 2. The van der Waals surface area contributed by atoms with Gasteiger partial charge in [-0.05, 0) is 29.3 Å². The summed E-state index contributed by atoms with van der Waals surface area (Å²) in [7, 11) is 0. The van der Waals surface area contributed by atoms with Crippen LogP contribution in [0.5, 0.6) is 0 Å². The first-order chi connectivity index (χ1) is 8.74. The van der Waals surface area contributed by atoms with Gasteiger partial charge in [0.05, 0.1) is 17.2 Å². The molecule has 0 radical (unpaired) electrons. The molecular formula is C16H9BrCl+. The number of benzene rings is 2. The second-order valence-corrected chi connectivity index (χ2v) is 5.40. The summed E-state index contributed by atoms with van der Waals surface area (Å²) in [5, 5.41) is 0.736. The predicted octanol–water partition coefficient (Wildman–Crippen LogP) is 5.61. The summed E-state index contributed by atoms with van der Waals surface area (Å²) in [6, 6.07) is 12.3. The molecule has 0 aromatic heterocycles. The van der Waals surface area contributed by atoms with Crippen LogP contribution in [0.3, 0.4) is 0 Å². The van der Waals surface area contributed by atoms with Gasteiger partial charge >= 0.3 is 0 Å². The second-order valence-electron chi connectivity index (χ2n) is 4.11. The number of allylic oxidation sites excluding steroid dienone is 2. The van der Waals surface area contributed by atoms with Crippen LogP contribution >= 0.6 is 27.5 Å². The van der Waals surface area contributed by atoms with Gasteiger partial charge in [0.1, 0.15) is 12.2 Å². The Balaban J connectivity index is 2.12. The Labute approximate surface area is 120 Å². The minimum absolute atomic E-state index is 0.736. The third-order valence-electron chi connectivity index (χ3n) is 2.93. The lowest BCUT2D eigenvalue weighted by Gasteiger charge is -2.06. The maximum Gasteiger partial charge on any atom is 0.111 e. The highest BCUT2D eigenvalue weighted by atomic mass is 79.9. The first kappa shape index (κ1) is 11.7. The van der Waals surface area contributed by atoms with E-state index in [2.05, 4.69) is 46.3 Å². The molecule has 1 aliphatic carbocycles. The Morgan fingerprint density at radius 2 is 1.89 bits per heavy atom. The molecule has 0 unspecified atom stereocenters. The fourth-order valence-electron chi connectivity index (χ4n) is 2.02. The van der Waals surface area contributed by atoms with Crippen LogP contribution < -0.4 is 0 Å². The van der Waals surface area contributed by atoms with Gasteiger partial charge < -0.3 is 0 Å². The van der Waals surface area contributed by atoms with Gasteiger partial charge in [-0.2, -0.15) is 0 Å². The highest BCUT2D eigenvalue weighted by Crippen LogP contribution is 2.32. The second kappa shape index (κ2) is 4.70. The normalized spacial score (nSPS) is 12.1. The zero-order valence-corrected chi connectivity index (χ0v) is 11.8. The first-order valence-electron chi connectivity index (χ1n) is 5.59. The van der Waals surface area contributed by atoms with E-state index in [1.807, 2.05) is 30.4 Å². The van der Waals surface area contributed by atoms with Crippen molar-refractivity contribution in [1.29, 1.82) is 0 Å². The van der Waals surface area contributed by atoms with Crippen LogP contribution in [0.25, 0.3) is 23.3 Å². The molecule has 0 heterocycles. The van der Waals surface area contributed by atoms with Crippen molar-refractivity contribution in [2.45, 2.75) is 0 Å². The minimum atomic E-state index is 0.736. The lowest BCUT2D eigenvalue weighted by molar-refractivity contribution is 1.54. The molecule has 2 aromatic rings. The van der Waals surface area contributed by atoms with Crippen LogP contribution in [-0.2, 0) is 0 Å². The van der Waals surface area contributed by atoms with Gasteiger partial charge in [-0.3, -0.25) is 0 Å². The largest absolute Gasteiger partial charge is 0.111 e. The van der Waals surface area contributed by atoms with Gasteiger partial charge in [0.15, 0.2) is 0 Å². The van der Waals surface area contributed by atoms with Crippen molar-refractivity contribution in [1.82, 2.24) is 0 Å². The molecule has 0 nitrogen and oxygen atoms in total. The summed E-state index contributed by atoms with van der Waals surface area (Å²) in [6.07, 6.45) is 9.10. The molecular weight excluding hydrogens is 308 g/mol. The van der Waals surface area contributed by atoms with E-state index in [4.69, 9.17) is 11.6 Å². The summed E-state index contributed by atoms with van der Waals surface area (Å²) in [6.45, 7) is 0. The molecule has 0 fully saturated rings. The Kier molecular flexibility index (Phi) is 3.05. The number of rotatable bonds is 1. The van der Waals surface area contributed by atoms with Crippen LogP contribution in [0.15, 0.2) is 46.9 Å². The van der Waals surface area contributed by atoms with Gasteiger partial charge in [-0.25, -0.2) is 0 Å². The third-order valence-corrected chi connectivity index (χ3v) is 3.82. The first-order valence-corrected chi connectivity index (χ1v) is 6.76. The highest BCUT2D eigenvalue weighted by Gasteiger charge is 2.12. The van der Waals surface area contributed by atoms with Gasteiger partial charge in [0.2, 0.25) is 0 Å². The topological polar surface area (TPSA) is 0 Å². The average molecular weight is 317 g/mol. The Morgan fingerprint density at radius 1 is 1.00 bits per heavy atom. The fourth-order valence-corrected chi connectivity index (χ4v) is 2.93. The molecule has 2 heteroatoms. The van der Waals surface area contributed by atoms with Crippen LogP contribution in [0.4, 0.5) is 0 Å². The quantitative estimate of drug-likeness (QED) is 0.600. The zero-order valence-electron chi connectivity index (χ0n) is 9.45. The minimum Gasteiger partial charge on any atom is -0.0843 e. The van der Waals surface area contributed by atoms with Gasteiger partial charge in [0, 0.05) is 21.6 Å². The van der Waals surface area contributed by atoms with E-state index >= 15 is 0 Å². The smallest absolute Gasteiger partial charge is 0.0843 e. The summed E-state index contributed by atoms with van der Waals surface area (Å²) < 4.78 is 1.01. The molecule has 2 aromatic carbocycles. The van der Waals surface area contributed by atoms with Gasteiger partial charge in [-0.1, -0.05) is 39.7 Å². The van der Waals surface area contributed by atoms with Crippen molar-refractivity contribution in [3.05, 3.63) is 69.2 Å². The number of hydrogen-bond acceptors (Lipinski definition) is 0. The van der Waals surface area contributed by atoms with Crippen molar-refractivity contribution in [3.8, 4) is 11.1 Å². The predicted molar refractivity (Wildman–Crippen MR) is 81.3 cm³/mol. The fraction of sp³-hybridized carbons (Fsp3) is 0. The Hall–Kier alpha value is -1.40. The molecule has 3 rings (SSSR count). The summed E-state index contributed by atoms with van der Waals surface area (Å²) in [5.41, 5.74) is 4.73. The summed E-state index contributed by atoms with van der Waals surface area (Å²) in [4.78, 5) is 0. The van der Waals surface area contributed by atoms with Crippen molar-refractivity contribution >= 4 is 39.7 Å². The molecule has 0 bridgehead atoms. The van der Waals surface area contributed by atoms with Crippen LogP contribution in [0.1, 0.15) is 11.1 Å². The van der Waals surface area contributed by atoms with E-state index < -0.39 is 0 Å². The van der Waals surface area contributed by atoms with Gasteiger partial charge in [0.25, 0.3) is 0 Å². The Bertz CT molecular complexity index is 669. The lowest BCUT2D eigenvalue weighted by Crippen LogP contribution is -1.87. The maximum atomic E-state index is 5.96. The van der Waals surface area contributed by atoms with E-state index in [0.29, 0.717) is 0 Å². The summed E-state index contributed by atoms with van der Waals surface area (Å²) in [5.74, 6) is 0. The third kappa shape index (κ3) is 2.13. The van der Waals surface area contributed by atoms with Crippen LogP contribution in [0.2, 0.25) is 5.02 Å². The SMILES string of the molecule is Clc1ccc(-c2ccc3c(c2)C=[C+]C=C3)c(Br)c1. The molecule has 86 valence electrons. The van der Waals surface area contributed by atoms with Crippen molar-refractivity contribution in [3.63, 3.8) is 0 Å². The highest BCUT2D eigenvalue weighted by molar-refractivity contribution is 9.10. The Morgan fingerprint density at radius 3 is 2.72 bits per heavy atom. The van der Waals surface area contributed by atoms with Crippen molar-refractivity contribution in [2.24, 2.45) is 0 Å². The van der Waals surface area contributed by atoms with E-state index in [0.717, 1.165) is 15.1 Å². The molecule has 0 saturated carbocycles. The van der Waals surface area contributed by atoms with Crippen LogP contribution in [-0.4, -0.2) is 0 Å². The van der Waals surface area contributed by atoms with Crippen LogP contribution in [0, 0.1) is 6.08 Å². The molecule has 18 heavy (non-hydrogen) atoms. The molecule has 0 aliphatic heterocycles. The monoisotopic (exact) mass is 315 g/mol. The van der Waals surface area contributed by atoms with Gasteiger partial charge in [-0.15, -0.1) is 0 Å². The number of hydrogen-bond donors (Lipinski definition) is 0. The van der Waals surface area contributed by atoms with Crippen molar-refractivity contribution in [2.75, 3.05) is 0 Å². The molecule has 1 aliphatic rings.